The topological polar surface area (TPSA) is 51.3 Å². The van der Waals surface area contributed by atoms with Crippen LogP contribution in [0.4, 0.5) is 0 Å². The third kappa shape index (κ3) is 2.68. The van der Waals surface area contributed by atoms with Crippen LogP contribution >= 0.6 is 0 Å². The summed E-state index contributed by atoms with van der Waals surface area (Å²) in [4.78, 5) is 13.3. The zero-order valence-corrected chi connectivity index (χ0v) is 7.74. The molecule has 0 fully saturated rings. The highest BCUT2D eigenvalue weighted by atomic mass is 16.7. The maximum absolute atomic E-state index is 10.8. The third-order valence-corrected chi connectivity index (χ3v) is 1.61. The molecule has 0 spiro atoms. The summed E-state index contributed by atoms with van der Waals surface area (Å²) in [6, 6.07) is 3.13. The van der Waals surface area contributed by atoms with Gasteiger partial charge in [0.15, 0.2) is 6.29 Å². The molecular weight excluding hydrogens is 170 g/mol. The maximum Gasteiger partial charge on any atom is 0.247 e. The van der Waals surface area contributed by atoms with Crippen molar-refractivity contribution in [2.75, 3.05) is 13.7 Å². The van der Waals surface area contributed by atoms with Crippen molar-refractivity contribution >= 4 is 0 Å². The van der Waals surface area contributed by atoms with Gasteiger partial charge in [-0.1, -0.05) is 0 Å². The van der Waals surface area contributed by atoms with Crippen LogP contribution in [0.1, 0.15) is 18.8 Å². The second-order valence-corrected chi connectivity index (χ2v) is 2.51. The van der Waals surface area contributed by atoms with E-state index >= 15 is 0 Å². The molecule has 1 unspecified atom stereocenters. The first-order valence-corrected chi connectivity index (χ1v) is 4.11. The summed E-state index contributed by atoms with van der Waals surface area (Å²) in [5.74, 6) is 0. The van der Waals surface area contributed by atoms with E-state index in [1.807, 2.05) is 6.92 Å². The van der Waals surface area contributed by atoms with Gasteiger partial charge in [-0.2, -0.15) is 0 Å². The van der Waals surface area contributed by atoms with Crippen molar-refractivity contribution in [2.45, 2.75) is 13.2 Å². The van der Waals surface area contributed by atoms with E-state index in [9.17, 15) is 4.79 Å². The van der Waals surface area contributed by atoms with Crippen LogP contribution in [-0.2, 0) is 9.47 Å². The van der Waals surface area contributed by atoms with Gasteiger partial charge in [-0.3, -0.25) is 4.79 Å². The van der Waals surface area contributed by atoms with E-state index in [-0.39, 0.29) is 5.56 Å². The first-order chi connectivity index (χ1) is 6.27. The fourth-order valence-electron chi connectivity index (χ4n) is 1.02. The van der Waals surface area contributed by atoms with Crippen molar-refractivity contribution < 1.29 is 9.47 Å². The molecule has 0 aliphatic heterocycles. The summed E-state index contributed by atoms with van der Waals surface area (Å²) in [5.41, 5.74) is 0.680. The van der Waals surface area contributed by atoms with Gasteiger partial charge in [0.2, 0.25) is 5.56 Å². The van der Waals surface area contributed by atoms with Gasteiger partial charge in [0.05, 0.1) is 0 Å². The van der Waals surface area contributed by atoms with Gasteiger partial charge in [-0.15, -0.1) is 0 Å². The van der Waals surface area contributed by atoms with Crippen LogP contribution in [0.3, 0.4) is 0 Å². The molecule has 1 heterocycles. The Morgan fingerprint density at radius 2 is 2.31 bits per heavy atom. The lowest BCUT2D eigenvalue weighted by Crippen LogP contribution is -2.10. The monoisotopic (exact) mass is 183 g/mol. The molecule has 0 bridgehead atoms. The molecule has 0 saturated heterocycles. The van der Waals surface area contributed by atoms with E-state index in [4.69, 9.17) is 9.47 Å². The van der Waals surface area contributed by atoms with Crippen LogP contribution in [0.15, 0.2) is 23.1 Å². The van der Waals surface area contributed by atoms with Gasteiger partial charge in [0, 0.05) is 31.5 Å². The highest BCUT2D eigenvalue weighted by Gasteiger charge is 2.08. The molecule has 1 N–H and O–H groups in total. The zero-order valence-electron chi connectivity index (χ0n) is 7.74. The van der Waals surface area contributed by atoms with Gasteiger partial charge < -0.3 is 14.5 Å². The van der Waals surface area contributed by atoms with Crippen LogP contribution in [0.25, 0.3) is 0 Å². The molecule has 0 radical (unpaired) electrons. The molecule has 0 aliphatic carbocycles. The SMILES string of the molecule is CCOC(OC)c1ccc(=O)[nH]c1. The Kier molecular flexibility index (Phi) is 3.67. The second-order valence-electron chi connectivity index (χ2n) is 2.51. The van der Waals surface area contributed by atoms with E-state index in [1.165, 1.54) is 6.07 Å². The molecule has 4 nitrogen and oxygen atoms in total. The first-order valence-electron chi connectivity index (χ1n) is 4.11. The summed E-state index contributed by atoms with van der Waals surface area (Å²) in [5, 5.41) is 0. The average Bonchev–Trinajstić information content (AvgIpc) is 2.16. The molecule has 1 aromatic rings. The maximum atomic E-state index is 10.8. The molecule has 72 valence electrons. The Hall–Kier alpha value is -1.13. The summed E-state index contributed by atoms with van der Waals surface area (Å²) < 4.78 is 10.3. The Balaban J connectivity index is 2.79. The van der Waals surface area contributed by atoms with Gasteiger partial charge in [-0.25, -0.2) is 0 Å². The minimum Gasteiger partial charge on any atom is -0.352 e. The number of aromatic nitrogens is 1. The lowest BCUT2D eigenvalue weighted by molar-refractivity contribution is -0.124. The van der Waals surface area contributed by atoms with E-state index in [0.29, 0.717) is 6.61 Å². The molecule has 1 rings (SSSR count). The minimum absolute atomic E-state index is 0.130. The molecule has 0 saturated carbocycles. The predicted molar refractivity (Wildman–Crippen MR) is 48.4 cm³/mol. The minimum atomic E-state index is -0.401. The highest BCUT2D eigenvalue weighted by Crippen LogP contribution is 2.15. The third-order valence-electron chi connectivity index (χ3n) is 1.61. The smallest absolute Gasteiger partial charge is 0.247 e. The fourth-order valence-corrected chi connectivity index (χ4v) is 1.02. The number of pyridine rings is 1. The first kappa shape index (κ1) is 9.95. The Labute approximate surface area is 76.5 Å². The van der Waals surface area contributed by atoms with Crippen LogP contribution in [0.5, 0.6) is 0 Å². The quantitative estimate of drug-likeness (QED) is 0.710. The molecule has 4 heteroatoms. The molecular formula is C9H13NO3. The lowest BCUT2D eigenvalue weighted by Gasteiger charge is -2.14. The number of nitrogens with one attached hydrogen (secondary N) is 1. The van der Waals surface area contributed by atoms with Gasteiger partial charge in [0.25, 0.3) is 0 Å². The molecule has 0 amide bonds. The number of hydrogen-bond acceptors (Lipinski definition) is 3. The van der Waals surface area contributed by atoms with E-state index in [1.54, 1.807) is 19.4 Å². The van der Waals surface area contributed by atoms with Crippen LogP contribution in [0.2, 0.25) is 0 Å². The van der Waals surface area contributed by atoms with Crippen molar-refractivity contribution in [3.8, 4) is 0 Å². The van der Waals surface area contributed by atoms with E-state index in [0.717, 1.165) is 5.56 Å². The Morgan fingerprint density at radius 3 is 2.77 bits per heavy atom. The van der Waals surface area contributed by atoms with E-state index < -0.39 is 6.29 Å². The fraction of sp³-hybridized carbons (Fsp3) is 0.444. The zero-order chi connectivity index (χ0) is 9.68. The number of methoxy groups -OCH3 is 1. The summed E-state index contributed by atoms with van der Waals surface area (Å²) in [6.45, 7) is 2.45. The van der Waals surface area contributed by atoms with Gasteiger partial charge in [-0.05, 0) is 13.0 Å². The summed E-state index contributed by atoms with van der Waals surface area (Å²) >= 11 is 0. The average molecular weight is 183 g/mol. The summed E-state index contributed by atoms with van der Waals surface area (Å²) in [7, 11) is 1.56. The summed E-state index contributed by atoms with van der Waals surface area (Å²) in [6.07, 6.45) is 1.19. The van der Waals surface area contributed by atoms with Gasteiger partial charge in [0.1, 0.15) is 0 Å². The lowest BCUT2D eigenvalue weighted by atomic mass is 10.3. The molecule has 1 atom stereocenters. The number of H-pyrrole nitrogens is 1. The number of aromatic amines is 1. The molecule has 13 heavy (non-hydrogen) atoms. The molecule has 0 aromatic carbocycles. The predicted octanol–water partition coefficient (Wildman–Crippen LogP) is 1.06. The van der Waals surface area contributed by atoms with Gasteiger partial charge >= 0.3 is 0 Å². The number of rotatable bonds is 4. The van der Waals surface area contributed by atoms with Crippen molar-refractivity contribution in [3.05, 3.63) is 34.2 Å². The standard InChI is InChI=1S/C9H13NO3/c1-3-13-9(12-2)7-4-5-8(11)10-6-7/h4-6,9H,3H2,1-2H3,(H,10,11). The van der Waals surface area contributed by atoms with Crippen LogP contribution in [0, 0.1) is 0 Å². The van der Waals surface area contributed by atoms with Crippen molar-refractivity contribution in [1.29, 1.82) is 0 Å². The molecule has 0 aliphatic rings. The van der Waals surface area contributed by atoms with Crippen LogP contribution < -0.4 is 5.56 Å². The number of hydrogen-bond donors (Lipinski definition) is 1. The highest BCUT2D eigenvalue weighted by molar-refractivity contribution is 5.10. The van der Waals surface area contributed by atoms with Crippen molar-refractivity contribution in [3.63, 3.8) is 0 Å². The Bertz CT molecular complexity index is 287. The second kappa shape index (κ2) is 4.79. The normalized spacial score (nSPS) is 12.8. The van der Waals surface area contributed by atoms with Crippen LogP contribution in [-0.4, -0.2) is 18.7 Å². The Morgan fingerprint density at radius 1 is 1.54 bits per heavy atom. The van der Waals surface area contributed by atoms with Crippen molar-refractivity contribution in [1.82, 2.24) is 4.98 Å². The molecule has 1 aromatic heterocycles. The number of ether oxygens (including phenoxy) is 2. The van der Waals surface area contributed by atoms with E-state index in [2.05, 4.69) is 4.98 Å². The largest absolute Gasteiger partial charge is 0.352 e. The van der Waals surface area contributed by atoms with Crippen molar-refractivity contribution in [2.24, 2.45) is 0 Å².